The molecule has 1 aliphatic rings. The number of carbonyl (C=O) groups excluding carboxylic acids is 1. The SMILES string of the molecule is NS(=O)(=O)c1ccc(N=CC2=C(O)c3ccccc3C2=O)cc1. The molecule has 0 unspecified atom stereocenters. The molecule has 1 aliphatic carbocycles. The average Bonchev–Trinajstić information content (AvgIpc) is 2.77. The smallest absolute Gasteiger partial charge is 0.238 e. The Kier molecular flexibility index (Phi) is 3.59. The monoisotopic (exact) mass is 328 g/mol. The number of aliphatic hydroxyl groups is 1. The van der Waals surface area contributed by atoms with Crippen LogP contribution in [-0.4, -0.2) is 25.5 Å². The standard InChI is InChI=1S/C16H12N2O4S/c17-23(21,22)11-7-5-10(6-8-11)18-9-14-15(19)12-3-1-2-4-13(12)16(14)20/h1-9,19H,(H2,17,21,22). The Morgan fingerprint density at radius 1 is 1.00 bits per heavy atom. The van der Waals surface area contributed by atoms with Gasteiger partial charge in [0.15, 0.2) is 5.78 Å². The van der Waals surface area contributed by atoms with E-state index >= 15 is 0 Å². The number of Topliss-reactive ketones (excluding diaryl/α,β-unsaturated/α-hetero) is 1. The van der Waals surface area contributed by atoms with E-state index in [-0.39, 0.29) is 22.0 Å². The second-order valence-electron chi connectivity index (χ2n) is 4.93. The summed E-state index contributed by atoms with van der Waals surface area (Å²) in [6.07, 6.45) is 1.27. The Labute approximate surface area is 132 Å². The molecule has 2 aromatic rings. The van der Waals surface area contributed by atoms with Gasteiger partial charge in [0, 0.05) is 17.3 Å². The first kappa shape index (κ1) is 15.1. The largest absolute Gasteiger partial charge is 0.506 e. The van der Waals surface area contributed by atoms with Crippen LogP contribution in [0.15, 0.2) is 64.0 Å². The minimum absolute atomic E-state index is 0.0251. The number of nitrogens with two attached hydrogens (primary N) is 1. The summed E-state index contributed by atoms with van der Waals surface area (Å²) in [7, 11) is -3.76. The number of aliphatic imine (C=N–C) groups is 1. The highest BCUT2D eigenvalue weighted by Crippen LogP contribution is 2.30. The molecule has 0 saturated heterocycles. The lowest BCUT2D eigenvalue weighted by Gasteiger charge is -1.98. The molecule has 3 rings (SSSR count). The van der Waals surface area contributed by atoms with Crippen LogP contribution in [0.2, 0.25) is 0 Å². The zero-order valence-corrected chi connectivity index (χ0v) is 12.6. The molecule has 0 heterocycles. The Bertz CT molecular complexity index is 958. The fourth-order valence-electron chi connectivity index (χ4n) is 2.27. The molecule has 6 nitrogen and oxygen atoms in total. The van der Waals surface area contributed by atoms with Crippen LogP contribution in [0.1, 0.15) is 15.9 Å². The molecule has 0 aliphatic heterocycles. The molecule has 116 valence electrons. The molecule has 0 aromatic heterocycles. The van der Waals surface area contributed by atoms with Crippen molar-refractivity contribution in [2.75, 3.05) is 0 Å². The fraction of sp³-hybridized carbons (Fsp3) is 0. The van der Waals surface area contributed by atoms with Crippen molar-refractivity contribution in [1.82, 2.24) is 0 Å². The van der Waals surface area contributed by atoms with Gasteiger partial charge in [-0.05, 0) is 24.3 Å². The Balaban J connectivity index is 1.90. The second kappa shape index (κ2) is 5.45. The molecule has 7 heteroatoms. The van der Waals surface area contributed by atoms with Gasteiger partial charge in [0.25, 0.3) is 0 Å². The molecule has 0 spiro atoms. The third-order valence-electron chi connectivity index (χ3n) is 3.43. The van der Waals surface area contributed by atoms with Crippen LogP contribution in [0.4, 0.5) is 5.69 Å². The summed E-state index contributed by atoms with van der Waals surface area (Å²) in [6.45, 7) is 0. The van der Waals surface area contributed by atoms with Crippen molar-refractivity contribution in [3.05, 3.63) is 65.2 Å². The number of hydrogen-bond acceptors (Lipinski definition) is 5. The molecule has 0 amide bonds. The normalized spacial score (nSPS) is 14.6. The molecule has 0 radical (unpaired) electrons. The number of sulfonamides is 1. The lowest BCUT2D eigenvalue weighted by Crippen LogP contribution is -2.11. The Hall–Kier alpha value is -2.77. The van der Waals surface area contributed by atoms with Crippen molar-refractivity contribution >= 4 is 33.5 Å². The van der Waals surface area contributed by atoms with Crippen LogP contribution in [0.25, 0.3) is 5.76 Å². The minimum Gasteiger partial charge on any atom is -0.506 e. The number of rotatable bonds is 3. The number of carbonyl (C=O) groups is 1. The average molecular weight is 328 g/mol. The summed E-state index contributed by atoms with van der Waals surface area (Å²) < 4.78 is 22.4. The van der Waals surface area contributed by atoms with Gasteiger partial charge in [-0.3, -0.25) is 9.79 Å². The fourth-order valence-corrected chi connectivity index (χ4v) is 2.78. The number of primary sulfonamides is 1. The highest BCUT2D eigenvalue weighted by atomic mass is 32.2. The summed E-state index contributed by atoms with van der Waals surface area (Å²) >= 11 is 0. The van der Waals surface area contributed by atoms with E-state index in [0.29, 0.717) is 16.8 Å². The zero-order chi connectivity index (χ0) is 16.6. The molecule has 0 fully saturated rings. The Morgan fingerprint density at radius 3 is 2.17 bits per heavy atom. The van der Waals surface area contributed by atoms with Crippen molar-refractivity contribution in [1.29, 1.82) is 0 Å². The summed E-state index contributed by atoms with van der Waals surface area (Å²) in [4.78, 5) is 16.3. The number of aliphatic hydroxyl groups excluding tert-OH is 1. The van der Waals surface area contributed by atoms with E-state index < -0.39 is 10.0 Å². The van der Waals surface area contributed by atoms with E-state index in [1.165, 1.54) is 30.5 Å². The Morgan fingerprint density at radius 2 is 1.61 bits per heavy atom. The van der Waals surface area contributed by atoms with Crippen LogP contribution >= 0.6 is 0 Å². The second-order valence-corrected chi connectivity index (χ2v) is 6.50. The van der Waals surface area contributed by atoms with E-state index in [0.717, 1.165) is 0 Å². The maximum atomic E-state index is 12.2. The van der Waals surface area contributed by atoms with Gasteiger partial charge in [0.1, 0.15) is 5.76 Å². The lowest BCUT2D eigenvalue weighted by molar-refractivity contribution is 0.104. The maximum Gasteiger partial charge on any atom is 0.238 e. The minimum atomic E-state index is -3.76. The molecule has 0 bridgehead atoms. The van der Waals surface area contributed by atoms with Crippen LogP contribution < -0.4 is 5.14 Å². The van der Waals surface area contributed by atoms with Crippen LogP contribution in [0.3, 0.4) is 0 Å². The number of allylic oxidation sites excluding steroid dienone is 1. The van der Waals surface area contributed by atoms with Gasteiger partial charge in [-0.15, -0.1) is 0 Å². The highest BCUT2D eigenvalue weighted by molar-refractivity contribution is 7.89. The number of nitrogens with zero attached hydrogens (tertiary/aromatic N) is 1. The van der Waals surface area contributed by atoms with E-state index in [4.69, 9.17) is 5.14 Å². The molecule has 3 N–H and O–H groups in total. The molecule has 0 atom stereocenters. The van der Waals surface area contributed by atoms with Crippen molar-refractivity contribution in [2.24, 2.45) is 10.1 Å². The van der Waals surface area contributed by atoms with Gasteiger partial charge in [0.2, 0.25) is 10.0 Å². The first-order chi connectivity index (χ1) is 10.9. The van der Waals surface area contributed by atoms with Crippen LogP contribution in [-0.2, 0) is 10.0 Å². The first-order valence-electron chi connectivity index (χ1n) is 6.62. The lowest BCUT2D eigenvalue weighted by atomic mass is 10.1. The van der Waals surface area contributed by atoms with Gasteiger partial charge in [-0.2, -0.15) is 0 Å². The van der Waals surface area contributed by atoms with Crippen molar-refractivity contribution in [3.63, 3.8) is 0 Å². The van der Waals surface area contributed by atoms with Crippen LogP contribution in [0.5, 0.6) is 0 Å². The van der Waals surface area contributed by atoms with Gasteiger partial charge in [0.05, 0.1) is 16.2 Å². The third-order valence-corrected chi connectivity index (χ3v) is 4.36. The molecule has 2 aromatic carbocycles. The van der Waals surface area contributed by atoms with Crippen molar-refractivity contribution in [2.45, 2.75) is 4.90 Å². The topological polar surface area (TPSA) is 110 Å². The summed E-state index contributed by atoms with van der Waals surface area (Å²) in [5.41, 5.74) is 1.43. The molecular weight excluding hydrogens is 316 g/mol. The summed E-state index contributed by atoms with van der Waals surface area (Å²) in [5, 5.41) is 15.1. The quantitative estimate of drug-likeness (QED) is 0.841. The number of hydrogen-bond donors (Lipinski definition) is 2. The predicted molar refractivity (Wildman–Crippen MR) is 86.3 cm³/mol. The van der Waals surface area contributed by atoms with E-state index in [2.05, 4.69) is 4.99 Å². The number of fused-ring (bicyclic) bond motifs is 1. The van der Waals surface area contributed by atoms with E-state index in [9.17, 15) is 18.3 Å². The van der Waals surface area contributed by atoms with E-state index in [1.807, 2.05) is 0 Å². The van der Waals surface area contributed by atoms with E-state index in [1.54, 1.807) is 24.3 Å². The molecular formula is C16H12N2O4S. The van der Waals surface area contributed by atoms with Crippen molar-refractivity contribution in [3.8, 4) is 0 Å². The number of benzene rings is 2. The van der Waals surface area contributed by atoms with Gasteiger partial charge >= 0.3 is 0 Å². The third kappa shape index (κ3) is 2.79. The van der Waals surface area contributed by atoms with Crippen LogP contribution in [0, 0.1) is 0 Å². The van der Waals surface area contributed by atoms with Gasteiger partial charge in [-0.1, -0.05) is 24.3 Å². The molecule has 0 saturated carbocycles. The predicted octanol–water partition coefficient (Wildman–Crippen LogP) is 2.20. The number of ketones is 1. The maximum absolute atomic E-state index is 12.2. The van der Waals surface area contributed by atoms with Crippen molar-refractivity contribution < 1.29 is 18.3 Å². The molecule has 23 heavy (non-hydrogen) atoms. The summed E-state index contributed by atoms with van der Waals surface area (Å²) in [5.74, 6) is -0.418. The van der Waals surface area contributed by atoms with Gasteiger partial charge < -0.3 is 5.11 Å². The van der Waals surface area contributed by atoms with Gasteiger partial charge in [-0.25, -0.2) is 13.6 Å². The zero-order valence-electron chi connectivity index (χ0n) is 11.8. The first-order valence-corrected chi connectivity index (χ1v) is 8.17. The highest BCUT2D eigenvalue weighted by Gasteiger charge is 2.27. The summed E-state index contributed by atoms with van der Waals surface area (Å²) in [6, 6.07) is 12.3.